The summed E-state index contributed by atoms with van der Waals surface area (Å²) in [6, 6.07) is 6.98. The number of methoxy groups -OCH3 is 1. The lowest BCUT2D eigenvalue weighted by Gasteiger charge is -2.02. The third kappa shape index (κ3) is 4.17. The molecule has 0 heterocycles. The molecule has 0 aliphatic carbocycles. The maximum Gasteiger partial charge on any atom is 0.347 e. The van der Waals surface area contributed by atoms with Crippen LogP contribution >= 0.6 is 0 Å². The van der Waals surface area contributed by atoms with Crippen LogP contribution in [-0.4, -0.2) is 30.9 Å². The van der Waals surface area contributed by atoms with Gasteiger partial charge in [-0.15, -0.1) is 0 Å². The van der Waals surface area contributed by atoms with Gasteiger partial charge >= 0.3 is 5.97 Å². The van der Waals surface area contributed by atoms with Crippen molar-refractivity contribution < 1.29 is 19.4 Å². The SMILES string of the molecule is CCOC(=O)[C@@H](O)C#Cc1ccc(OC)cc1. The first kappa shape index (κ1) is 13.1. The van der Waals surface area contributed by atoms with Crippen LogP contribution in [0.1, 0.15) is 12.5 Å². The van der Waals surface area contributed by atoms with E-state index in [1.165, 1.54) is 0 Å². The molecule has 1 rings (SSSR count). The highest BCUT2D eigenvalue weighted by Crippen LogP contribution is 2.10. The van der Waals surface area contributed by atoms with E-state index < -0.39 is 12.1 Å². The first-order valence-corrected chi connectivity index (χ1v) is 5.17. The summed E-state index contributed by atoms with van der Waals surface area (Å²) in [6.45, 7) is 1.89. The van der Waals surface area contributed by atoms with Crippen LogP contribution in [0.4, 0.5) is 0 Å². The summed E-state index contributed by atoms with van der Waals surface area (Å²) in [5, 5.41) is 9.34. The van der Waals surface area contributed by atoms with Gasteiger partial charge < -0.3 is 14.6 Å². The molecule has 0 radical (unpaired) electrons. The van der Waals surface area contributed by atoms with Crippen LogP contribution in [0, 0.1) is 11.8 Å². The standard InChI is InChI=1S/C13H14O4/c1-3-17-13(15)12(14)9-6-10-4-7-11(16-2)8-5-10/h4-5,7-8,12,14H,3H2,1-2H3/t12-/m0/s1. The van der Waals surface area contributed by atoms with Gasteiger partial charge in [-0.05, 0) is 31.2 Å². The van der Waals surface area contributed by atoms with Gasteiger partial charge in [0.05, 0.1) is 13.7 Å². The van der Waals surface area contributed by atoms with E-state index in [9.17, 15) is 9.90 Å². The Balaban J connectivity index is 2.67. The second-order valence-electron chi connectivity index (χ2n) is 3.15. The lowest BCUT2D eigenvalue weighted by molar-refractivity contribution is -0.149. The Morgan fingerprint density at radius 2 is 2.06 bits per heavy atom. The van der Waals surface area contributed by atoms with Crippen molar-refractivity contribution in [2.45, 2.75) is 13.0 Å². The molecule has 4 nitrogen and oxygen atoms in total. The van der Waals surface area contributed by atoms with Crippen molar-refractivity contribution in [2.24, 2.45) is 0 Å². The van der Waals surface area contributed by atoms with Gasteiger partial charge in [-0.1, -0.05) is 11.8 Å². The van der Waals surface area contributed by atoms with Crippen LogP contribution in [0.25, 0.3) is 0 Å². The predicted octanol–water partition coefficient (Wildman–Crippen LogP) is 0.971. The Labute approximate surface area is 100 Å². The number of ether oxygens (including phenoxy) is 2. The smallest absolute Gasteiger partial charge is 0.347 e. The molecule has 0 fully saturated rings. The van der Waals surface area contributed by atoms with Crippen molar-refractivity contribution in [3.63, 3.8) is 0 Å². The van der Waals surface area contributed by atoms with Crippen molar-refractivity contribution in [3.8, 4) is 17.6 Å². The molecular formula is C13H14O4. The Hall–Kier alpha value is -1.99. The lowest BCUT2D eigenvalue weighted by atomic mass is 10.2. The number of hydrogen-bond donors (Lipinski definition) is 1. The summed E-state index contributed by atoms with van der Waals surface area (Å²) in [6.07, 6.45) is -1.41. The minimum atomic E-state index is -1.41. The fourth-order valence-corrected chi connectivity index (χ4v) is 1.11. The first-order chi connectivity index (χ1) is 8.17. The van der Waals surface area contributed by atoms with Gasteiger partial charge in [0.1, 0.15) is 5.75 Å². The summed E-state index contributed by atoms with van der Waals surface area (Å²) in [5.41, 5.74) is 0.689. The molecular weight excluding hydrogens is 220 g/mol. The number of carbonyl (C=O) groups excluding carboxylic acids is 1. The van der Waals surface area contributed by atoms with E-state index in [1.54, 1.807) is 38.3 Å². The van der Waals surface area contributed by atoms with E-state index in [-0.39, 0.29) is 6.61 Å². The zero-order chi connectivity index (χ0) is 12.7. The zero-order valence-electron chi connectivity index (χ0n) is 9.77. The predicted molar refractivity (Wildman–Crippen MR) is 62.5 cm³/mol. The van der Waals surface area contributed by atoms with E-state index >= 15 is 0 Å². The minimum absolute atomic E-state index is 0.222. The number of aliphatic hydroxyl groups excluding tert-OH is 1. The summed E-state index contributed by atoms with van der Waals surface area (Å²) in [4.78, 5) is 11.1. The van der Waals surface area contributed by atoms with E-state index in [1.807, 2.05) is 0 Å². The first-order valence-electron chi connectivity index (χ1n) is 5.17. The van der Waals surface area contributed by atoms with Crippen LogP contribution in [0.15, 0.2) is 24.3 Å². The maximum atomic E-state index is 11.1. The Morgan fingerprint density at radius 3 is 2.59 bits per heavy atom. The number of benzene rings is 1. The Kier molecular flexibility index (Phi) is 5.05. The van der Waals surface area contributed by atoms with E-state index in [0.29, 0.717) is 5.56 Å². The molecule has 0 amide bonds. The molecule has 0 bridgehead atoms. The number of esters is 1. The highest BCUT2D eigenvalue weighted by Gasteiger charge is 2.11. The van der Waals surface area contributed by atoms with E-state index in [0.717, 1.165) is 5.75 Å². The van der Waals surface area contributed by atoms with Crippen molar-refractivity contribution in [2.75, 3.05) is 13.7 Å². The fraction of sp³-hybridized carbons (Fsp3) is 0.308. The topological polar surface area (TPSA) is 55.8 Å². The van der Waals surface area contributed by atoms with Gasteiger partial charge in [0.2, 0.25) is 6.10 Å². The molecule has 0 aliphatic heterocycles. The number of rotatable bonds is 3. The van der Waals surface area contributed by atoms with Crippen LogP contribution in [0.3, 0.4) is 0 Å². The van der Waals surface area contributed by atoms with Crippen molar-refractivity contribution in [1.29, 1.82) is 0 Å². The Morgan fingerprint density at radius 1 is 1.41 bits per heavy atom. The van der Waals surface area contributed by atoms with E-state index in [4.69, 9.17) is 4.74 Å². The molecule has 1 N–H and O–H groups in total. The van der Waals surface area contributed by atoms with Gasteiger partial charge in [-0.25, -0.2) is 4.79 Å². The van der Waals surface area contributed by atoms with Crippen molar-refractivity contribution in [1.82, 2.24) is 0 Å². The van der Waals surface area contributed by atoms with Gasteiger partial charge in [-0.3, -0.25) is 0 Å². The number of carbonyl (C=O) groups is 1. The molecule has 1 aromatic carbocycles. The highest BCUT2D eigenvalue weighted by molar-refractivity contribution is 5.78. The summed E-state index contributed by atoms with van der Waals surface area (Å²) >= 11 is 0. The largest absolute Gasteiger partial charge is 0.497 e. The van der Waals surface area contributed by atoms with Gasteiger partial charge in [-0.2, -0.15) is 0 Å². The molecule has 1 atom stereocenters. The average Bonchev–Trinajstić information content (AvgIpc) is 2.36. The second kappa shape index (κ2) is 6.56. The Bertz CT molecular complexity index is 425. The summed E-state index contributed by atoms with van der Waals surface area (Å²) in [7, 11) is 1.57. The third-order valence-corrected chi connectivity index (χ3v) is 1.95. The van der Waals surface area contributed by atoms with Crippen LogP contribution in [-0.2, 0) is 9.53 Å². The second-order valence-corrected chi connectivity index (χ2v) is 3.15. The van der Waals surface area contributed by atoms with E-state index in [2.05, 4.69) is 16.6 Å². The van der Waals surface area contributed by atoms with Gasteiger partial charge in [0.25, 0.3) is 0 Å². The molecule has 1 aromatic rings. The third-order valence-electron chi connectivity index (χ3n) is 1.95. The van der Waals surface area contributed by atoms with Gasteiger partial charge in [0.15, 0.2) is 0 Å². The number of hydrogen-bond acceptors (Lipinski definition) is 4. The summed E-state index contributed by atoms with van der Waals surface area (Å²) in [5.74, 6) is 5.09. The van der Waals surface area contributed by atoms with Crippen LogP contribution in [0.2, 0.25) is 0 Å². The molecule has 0 saturated heterocycles. The molecule has 90 valence electrons. The molecule has 17 heavy (non-hydrogen) atoms. The molecule has 0 spiro atoms. The van der Waals surface area contributed by atoms with Crippen LogP contribution < -0.4 is 4.74 Å². The average molecular weight is 234 g/mol. The normalized spacial score (nSPS) is 11.0. The fourth-order valence-electron chi connectivity index (χ4n) is 1.11. The van der Waals surface area contributed by atoms with Crippen LogP contribution in [0.5, 0.6) is 5.75 Å². The number of aliphatic hydroxyl groups is 1. The molecule has 0 saturated carbocycles. The lowest BCUT2D eigenvalue weighted by Crippen LogP contribution is -2.21. The minimum Gasteiger partial charge on any atom is -0.497 e. The molecule has 0 aromatic heterocycles. The maximum absolute atomic E-state index is 11.1. The highest BCUT2D eigenvalue weighted by atomic mass is 16.5. The molecule has 0 aliphatic rings. The zero-order valence-corrected chi connectivity index (χ0v) is 9.77. The molecule has 0 unspecified atom stereocenters. The summed E-state index contributed by atoms with van der Waals surface area (Å²) < 4.78 is 9.61. The molecule has 4 heteroatoms. The quantitative estimate of drug-likeness (QED) is 0.625. The van der Waals surface area contributed by atoms with Gasteiger partial charge in [0, 0.05) is 5.56 Å². The van der Waals surface area contributed by atoms with Crippen molar-refractivity contribution in [3.05, 3.63) is 29.8 Å². The van der Waals surface area contributed by atoms with Crippen molar-refractivity contribution >= 4 is 5.97 Å². The monoisotopic (exact) mass is 234 g/mol.